The van der Waals surface area contributed by atoms with Gasteiger partial charge in [0.05, 0.1) is 0 Å². The SMILES string of the molecule is CCNc1nc2cc(CCc3ccccn3)ccc2o1. The lowest BCUT2D eigenvalue weighted by Gasteiger charge is -2.00. The molecule has 102 valence electrons. The number of anilines is 1. The summed E-state index contributed by atoms with van der Waals surface area (Å²) in [4.78, 5) is 8.77. The Hall–Kier alpha value is -2.36. The van der Waals surface area contributed by atoms with Gasteiger partial charge in [-0.05, 0) is 49.6 Å². The zero-order chi connectivity index (χ0) is 13.8. The molecule has 4 heteroatoms. The summed E-state index contributed by atoms with van der Waals surface area (Å²) in [6, 6.07) is 12.8. The van der Waals surface area contributed by atoms with Gasteiger partial charge in [-0.3, -0.25) is 4.98 Å². The van der Waals surface area contributed by atoms with Gasteiger partial charge in [0.25, 0.3) is 6.01 Å². The van der Waals surface area contributed by atoms with Gasteiger partial charge >= 0.3 is 0 Å². The predicted octanol–water partition coefficient (Wildman–Crippen LogP) is 3.44. The van der Waals surface area contributed by atoms with Gasteiger partial charge in [0.15, 0.2) is 5.58 Å². The van der Waals surface area contributed by atoms with Crippen molar-refractivity contribution in [2.24, 2.45) is 0 Å². The summed E-state index contributed by atoms with van der Waals surface area (Å²) in [5, 5.41) is 3.09. The van der Waals surface area contributed by atoms with Crippen LogP contribution in [0.25, 0.3) is 11.1 Å². The van der Waals surface area contributed by atoms with Crippen LogP contribution in [0.2, 0.25) is 0 Å². The zero-order valence-electron chi connectivity index (χ0n) is 11.5. The van der Waals surface area contributed by atoms with Crippen LogP contribution in [0, 0.1) is 0 Å². The number of nitrogens with zero attached hydrogens (tertiary/aromatic N) is 2. The summed E-state index contributed by atoms with van der Waals surface area (Å²) < 4.78 is 5.59. The summed E-state index contributed by atoms with van der Waals surface area (Å²) in [7, 11) is 0. The van der Waals surface area contributed by atoms with E-state index in [0.29, 0.717) is 6.01 Å². The van der Waals surface area contributed by atoms with Crippen molar-refractivity contribution in [1.29, 1.82) is 0 Å². The summed E-state index contributed by atoms with van der Waals surface area (Å²) in [6.07, 6.45) is 3.72. The lowest BCUT2D eigenvalue weighted by Crippen LogP contribution is -1.95. The highest BCUT2D eigenvalue weighted by Gasteiger charge is 2.05. The number of nitrogens with one attached hydrogen (secondary N) is 1. The number of rotatable bonds is 5. The molecule has 0 amide bonds. The molecule has 1 aromatic carbocycles. The molecule has 3 rings (SSSR count). The first-order chi connectivity index (χ1) is 9.85. The van der Waals surface area contributed by atoms with Gasteiger partial charge in [-0.1, -0.05) is 12.1 Å². The van der Waals surface area contributed by atoms with Crippen molar-refractivity contribution in [2.75, 3.05) is 11.9 Å². The van der Waals surface area contributed by atoms with E-state index in [9.17, 15) is 0 Å². The Morgan fingerprint density at radius 2 is 2.10 bits per heavy atom. The van der Waals surface area contributed by atoms with Crippen molar-refractivity contribution in [2.45, 2.75) is 19.8 Å². The third-order valence-corrected chi connectivity index (χ3v) is 3.18. The number of hydrogen-bond acceptors (Lipinski definition) is 4. The minimum Gasteiger partial charge on any atom is -0.424 e. The first-order valence-electron chi connectivity index (χ1n) is 6.88. The Morgan fingerprint density at radius 1 is 1.15 bits per heavy atom. The van der Waals surface area contributed by atoms with E-state index in [-0.39, 0.29) is 0 Å². The van der Waals surface area contributed by atoms with E-state index in [2.05, 4.69) is 33.5 Å². The summed E-state index contributed by atoms with van der Waals surface area (Å²) in [6.45, 7) is 2.83. The fraction of sp³-hybridized carbons (Fsp3) is 0.250. The van der Waals surface area contributed by atoms with Crippen molar-refractivity contribution in [3.8, 4) is 0 Å². The van der Waals surface area contributed by atoms with Crippen molar-refractivity contribution < 1.29 is 4.42 Å². The van der Waals surface area contributed by atoms with Crippen LogP contribution in [0.5, 0.6) is 0 Å². The maximum atomic E-state index is 5.59. The van der Waals surface area contributed by atoms with E-state index < -0.39 is 0 Å². The van der Waals surface area contributed by atoms with Crippen molar-refractivity contribution in [3.05, 3.63) is 53.9 Å². The van der Waals surface area contributed by atoms with Crippen molar-refractivity contribution >= 4 is 17.1 Å². The molecule has 0 spiro atoms. The van der Waals surface area contributed by atoms with Crippen LogP contribution in [-0.2, 0) is 12.8 Å². The normalized spacial score (nSPS) is 10.8. The second-order valence-electron chi connectivity index (χ2n) is 4.67. The standard InChI is InChI=1S/C16H17N3O/c1-2-17-16-19-14-11-12(7-9-15(14)20-16)6-8-13-5-3-4-10-18-13/h3-5,7,9-11H,2,6,8H2,1H3,(H,17,19). The van der Waals surface area contributed by atoms with Gasteiger partial charge in [0.1, 0.15) is 5.52 Å². The molecule has 0 bridgehead atoms. The van der Waals surface area contributed by atoms with E-state index >= 15 is 0 Å². The molecule has 3 aromatic rings. The van der Waals surface area contributed by atoms with Crippen LogP contribution in [0.3, 0.4) is 0 Å². The van der Waals surface area contributed by atoms with Gasteiger partial charge in [0, 0.05) is 18.4 Å². The molecule has 2 heterocycles. The largest absolute Gasteiger partial charge is 0.424 e. The predicted molar refractivity (Wildman–Crippen MR) is 79.8 cm³/mol. The van der Waals surface area contributed by atoms with E-state index in [1.807, 2.05) is 31.3 Å². The average molecular weight is 267 g/mol. The van der Waals surface area contributed by atoms with Crippen LogP contribution in [-0.4, -0.2) is 16.5 Å². The fourth-order valence-corrected chi connectivity index (χ4v) is 2.17. The number of hydrogen-bond donors (Lipinski definition) is 1. The van der Waals surface area contributed by atoms with E-state index in [1.165, 1.54) is 5.56 Å². The Balaban J connectivity index is 1.75. The molecule has 0 radical (unpaired) electrons. The van der Waals surface area contributed by atoms with E-state index in [0.717, 1.165) is 36.2 Å². The van der Waals surface area contributed by atoms with Crippen LogP contribution >= 0.6 is 0 Å². The second-order valence-corrected chi connectivity index (χ2v) is 4.67. The highest BCUT2D eigenvalue weighted by Crippen LogP contribution is 2.20. The number of aryl methyl sites for hydroxylation is 2. The summed E-state index contributed by atoms with van der Waals surface area (Å²) in [5.41, 5.74) is 4.09. The molecule has 1 N–H and O–H groups in total. The molecule has 4 nitrogen and oxygen atoms in total. The van der Waals surface area contributed by atoms with Crippen LogP contribution < -0.4 is 5.32 Å². The molecular formula is C16H17N3O. The smallest absolute Gasteiger partial charge is 0.295 e. The Morgan fingerprint density at radius 3 is 2.90 bits per heavy atom. The first kappa shape index (κ1) is 12.7. The lowest BCUT2D eigenvalue weighted by atomic mass is 10.1. The molecule has 0 aliphatic heterocycles. The summed E-state index contributed by atoms with van der Waals surface area (Å²) >= 11 is 0. The molecule has 0 unspecified atom stereocenters. The first-order valence-corrected chi connectivity index (χ1v) is 6.88. The minimum atomic E-state index is 0.587. The number of fused-ring (bicyclic) bond motifs is 1. The van der Waals surface area contributed by atoms with E-state index in [4.69, 9.17) is 4.42 Å². The van der Waals surface area contributed by atoms with Crippen molar-refractivity contribution in [3.63, 3.8) is 0 Å². The highest BCUT2D eigenvalue weighted by molar-refractivity contribution is 5.75. The highest BCUT2D eigenvalue weighted by atomic mass is 16.4. The molecule has 0 atom stereocenters. The molecule has 0 fully saturated rings. The van der Waals surface area contributed by atoms with Gasteiger partial charge in [-0.15, -0.1) is 0 Å². The number of aromatic nitrogens is 2. The quantitative estimate of drug-likeness (QED) is 0.769. The Kier molecular flexibility index (Phi) is 3.63. The summed E-state index contributed by atoms with van der Waals surface area (Å²) in [5.74, 6) is 0. The maximum Gasteiger partial charge on any atom is 0.295 e. The third-order valence-electron chi connectivity index (χ3n) is 3.18. The minimum absolute atomic E-state index is 0.587. The number of benzene rings is 1. The molecule has 0 aliphatic rings. The van der Waals surface area contributed by atoms with Gasteiger partial charge in [-0.25, -0.2) is 0 Å². The van der Waals surface area contributed by atoms with Crippen LogP contribution in [0.15, 0.2) is 47.0 Å². The van der Waals surface area contributed by atoms with E-state index in [1.54, 1.807) is 0 Å². The monoisotopic (exact) mass is 267 g/mol. The molecule has 0 aliphatic carbocycles. The molecule has 2 aromatic heterocycles. The number of pyridine rings is 1. The topological polar surface area (TPSA) is 51.0 Å². The van der Waals surface area contributed by atoms with Crippen molar-refractivity contribution in [1.82, 2.24) is 9.97 Å². The molecule has 20 heavy (non-hydrogen) atoms. The average Bonchev–Trinajstić information content (AvgIpc) is 2.88. The van der Waals surface area contributed by atoms with Gasteiger partial charge in [0.2, 0.25) is 0 Å². The maximum absolute atomic E-state index is 5.59. The number of oxazole rings is 1. The van der Waals surface area contributed by atoms with Crippen LogP contribution in [0.1, 0.15) is 18.2 Å². The molecule has 0 saturated carbocycles. The fourth-order valence-electron chi connectivity index (χ4n) is 2.17. The van der Waals surface area contributed by atoms with Gasteiger partial charge in [-0.2, -0.15) is 4.98 Å². The Labute approximate surface area is 117 Å². The molecule has 0 saturated heterocycles. The Bertz CT molecular complexity index is 691. The zero-order valence-corrected chi connectivity index (χ0v) is 11.5. The lowest BCUT2D eigenvalue weighted by molar-refractivity contribution is 0.616. The third kappa shape index (κ3) is 2.79. The van der Waals surface area contributed by atoms with Crippen LogP contribution in [0.4, 0.5) is 6.01 Å². The molecular weight excluding hydrogens is 250 g/mol. The van der Waals surface area contributed by atoms with Gasteiger partial charge < -0.3 is 9.73 Å². The second kappa shape index (κ2) is 5.74.